The van der Waals surface area contributed by atoms with Crippen LogP contribution in [0.4, 0.5) is 11.5 Å². The summed E-state index contributed by atoms with van der Waals surface area (Å²) in [4.78, 5) is 23.1. The number of nitrogen functional groups attached to an aromatic ring is 1. The number of aromatic nitrogens is 2. The molecule has 6 heteroatoms. The minimum atomic E-state index is -0.497. The standard InChI is InChI=1S/C11H10N4O2/c12-9-6-8(11(17)15-14-9)13-10(16)7-4-2-1-3-5-7/h1-6H,(H,15,17)(H3,12,13,14,16). The van der Waals surface area contributed by atoms with Crippen molar-refractivity contribution in [2.24, 2.45) is 0 Å². The number of carbonyl (C=O) groups is 1. The summed E-state index contributed by atoms with van der Waals surface area (Å²) in [5.41, 5.74) is 5.45. The van der Waals surface area contributed by atoms with E-state index in [1.165, 1.54) is 6.07 Å². The number of aromatic amines is 1. The lowest BCUT2D eigenvalue weighted by atomic mass is 10.2. The van der Waals surface area contributed by atoms with Crippen molar-refractivity contribution in [3.63, 3.8) is 0 Å². The third kappa shape index (κ3) is 2.49. The van der Waals surface area contributed by atoms with Crippen LogP contribution in [0.3, 0.4) is 0 Å². The van der Waals surface area contributed by atoms with Gasteiger partial charge in [0.05, 0.1) is 0 Å². The fourth-order valence-corrected chi connectivity index (χ4v) is 1.30. The highest BCUT2D eigenvalue weighted by atomic mass is 16.2. The molecule has 17 heavy (non-hydrogen) atoms. The smallest absolute Gasteiger partial charge is 0.288 e. The summed E-state index contributed by atoms with van der Waals surface area (Å²) in [5, 5.41) is 8.15. The lowest BCUT2D eigenvalue weighted by molar-refractivity contribution is 0.102. The molecule has 1 amide bonds. The second-order valence-electron chi connectivity index (χ2n) is 3.36. The molecule has 1 aromatic heterocycles. The van der Waals surface area contributed by atoms with Crippen molar-refractivity contribution in [1.29, 1.82) is 0 Å². The Labute approximate surface area is 96.5 Å². The Hall–Kier alpha value is -2.63. The van der Waals surface area contributed by atoms with Crippen LogP contribution in [0.15, 0.2) is 41.2 Å². The van der Waals surface area contributed by atoms with Crippen molar-refractivity contribution in [3.05, 3.63) is 52.3 Å². The quantitative estimate of drug-likeness (QED) is 0.703. The fraction of sp³-hybridized carbons (Fsp3) is 0. The Balaban J connectivity index is 2.25. The molecule has 0 unspecified atom stereocenters. The van der Waals surface area contributed by atoms with Gasteiger partial charge in [-0.05, 0) is 12.1 Å². The van der Waals surface area contributed by atoms with E-state index in [0.29, 0.717) is 5.56 Å². The second-order valence-corrected chi connectivity index (χ2v) is 3.36. The summed E-state index contributed by atoms with van der Waals surface area (Å²) in [6, 6.07) is 9.87. The highest BCUT2D eigenvalue weighted by Gasteiger charge is 2.08. The number of nitrogens with one attached hydrogen (secondary N) is 2. The van der Waals surface area contributed by atoms with Gasteiger partial charge in [0.1, 0.15) is 11.5 Å². The van der Waals surface area contributed by atoms with Gasteiger partial charge < -0.3 is 11.1 Å². The predicted octanol–water partition coefficient (Wildman–Crippen LogP) is 0.604. The lowest BCUT2D eigenvalue weighted by Crippen LogP contribution is -2.21. The van der Waals surface area contributed by atoms with E-state index >= 15 is 0 Å². The third-order valence-corrected chi connectivity index (χ3v) is 2.11. The van der Waals surface area contributed by atoms with Crippen LogP contribution >= 0.6 is 0 Å². The zero-order valence-electron chi connectivity index (χ0n) is 8.81. The van der Waals surface area contributed by atoms with Crippen LogP contribution in [0, 0.1) is 0 Å². The number of H-pyrrole nitrogens is 1. The van der Waals surface area contributed by atoms with Gasteiger partial charge in [0.25, 0.3) is 11.5 Å². The molecule has 0 saturated heterocycles. The van der Waals surface area contributed by atoms with Gasteiger partial charge >= 0.3 is 0 Å². The summed E-state index contributed by atoms with van der Waals surface area (Å²) < 4.78 is 0. The van der Waals surface area contributed by atoms with E-state index in [0.717, 1.165) is 0 Å². The van der Waals surface area contributed by atoms with Crippen molar-refractivity contribution in [2.45, 2.75) is 0 Å². The minimum Gasteiger partial charge on any atom is -0.382 e. The Morgan fingerprint density at radius 3 is 2.71 bits per heavy atom. The topological polar surface area (TPSA) is 101 Å². The molecule has 0 aliphatic heterocycles. The molecular weight excluding hydrogens is 220 g/mol. The van der Waals surface area contributed by atoms with Gasteiger partial charge in [-0.15, -0.1) is 0 Å². The zero-order valence-corrected chi connectivity index (χ0v) is 8.81. The maximum atomic E-state index is 11.8. The van der Waals surface area contributed by atoms with E-state index in [9.17, 15) is 9.59 Å². The summed E-state index contributed by atoms with van der Waals surface area (Å²) in [6.45, 7) is 0. The van der Waals surface area contributed by atoms with Gasteiger partial charge in [-0.1, -0.05) is 18.2 Å². The van der Waals surface area contributed by atoms with Gasteiger partial charge in [0, 0.05) is 11.6 Å². The Morgan fingerprint density at radius 1 is 1.29 bits per heavy atom. The number of hydrogen-bond donors (Lipinski definition) is 3. The van der Waals surface area contributed by atoms with Crippen molar-refractivity contribution in [1.82, 2.24) is 10.2 Å². The molecule has 0 atom stereocenters. The molecule has 86 valence electrons. The second kappa shape index (κ2) is 4.48. The normalized spacial score (nSPS) is 9.88. The molecule has 2 aromatic rings. The van der Waals surface area contributed by atoms with Crippen molar-refractivity contribution < 1.29 is 4.79 Å². The van der Waals surface area contributed by atoms with E-state index in [2.05, 4.69) is 15.5 Å². The average molecular weight is 230 g/mol. The maximum Gasteiger partial charge on any atom is 0.288 e. The number of nitrogens with two attached hydrogens (primary N) is 1. The minimum absolute atomic E-state index is 0.0753. The zero-order chi connectivity index (χ0) is 12.3. The highest BCUT2D eigenvalue weighted by Crippen LogP contribution is 2.05. The van der Waals surface area contributed by atoms with Crippen molar-refractivity contribution >= 4 is 17.4 Å². The molecule has 0 bridgehead atoms. The summed E-state index contributed by atoms with van der Waals surface area (Å²) in [5.74, 6) is -0.241. The maximum absolute atomic E-state index is 11.8. The van der Waals surface area contributed by atoms with Crippen molar-refractivity contribution in [2.75, 3.05) is 11.1 Å². The molecule has 6 nitrogen and oxygen atoms in total. The van der Waals surface area contributed by atoms with Gasteiger partial charge in [0.15, 0.2) is 0 Å². The van der Waals surface area contributed by atoms with E-state index in [1.54, 1.807) is 30.3 Å². The van der Waals surface area contributed by atoms with Crippen LogP contribution < -0.4 is 16.6 Å². The number of nitrogens with zero attached hydrogens (tertiary/aromatic N) is 1. The van der Waals surface area contributed by atoms with Crippen LogP contribution in [0.1, 0.15) is 10.4 Å². The van der Waals surface area contributed by atoms with E-state index < -0.39 is 5.56 Å². The van der Waals surface area contributed by atoms with Crippen LogP contribution in [0.2, 0.25) is 0 Å². The van der Waals surface area contributed by atoms with E-state index in [-0.39, 0.29) is 17.4 Å². The largest absolute Gasteiger partial charge is 0.382 e. The van der Waals surface area contributed by atoms with E-state index in [4.69, 9.17) is 5.73 Å². The van der Waals surface area contributed by atoms with Gasteiger partial charge in [-0.3, -0.25) is 9.59 Å². The average Bonchev–Trinajstić information content (AvgIpc) is 2.35. The van der Waals surface area contributed by atoms with Crippen molar-refractivity contribution in [3.8, 4) is 0 Å². The van der Waals surface area contributed by atoms with Gasteiger partial charge in [0.2, 0.25) is 0 Å². The van der Waals surface area contributed by atoms with Crippen LogP contribution in [0.25, 0.3) is 0 Å². The number of benzene rings is 1. The third-order valence-electron chi connectivity index (χ3n) is 2.11. The molecule has 0 aliphatic rings. The molecule has 0 radical (unpaired) electrons. The molecule has 4 N–H and O–H groups in total. The highest BCUT2D eigenvalue weighted by molar-refractivity contribution is 6.04. The van der Waals surface area contributed by atoms with Crippen LogP contribution in [-0.2, 0) is 0 Å². The number of amides is 1. The Bertz CT molecular complexity index is 592. The van der Waals surface area contributed by atoms with Crippen LogP contribution in [0.5, 0.6) is 0 Å². The first-order chi connectivity index (χ1) is 8.16. The van der Waals surface area contributed by atoms with E-state index in [1.807, 2.05) is 0 Å². The van der Waals surface area contributed by atoms with Crippen LogP contribution in [-0.4, -0.2) is 16.1 Å². The molecule has 1 aromatic carbocycles. The molecule has 2 rings (SSSR count). The first kappa shape index (κ1) is 10.9. The monoisotopic (exact) mass is 230 g/mol. The molecule has 0 spiro atoms. The molecule has 0 saturated carbocycles. The predicted molar refractivity (Wildman–Crippen MR) is 63.7 cm³/mol. The number of rotatable bonds is 2. The number of hydrogen-bond acceptors (Lipinski definition) is 4. The first-order valence-electron chi connectivity index (χ1n) is 4.88. The number of carbonyl (C=O) groups excluding carboxylic acids is 1. The summed E-state index contributed by atoms with van der Waals surface area (Å²) in [6.07, 6.45) is 0. The molecule has 1 heterocycles. The molecular formula is C11H10N4O2. The first-order valence-corrected chi connectivity index (χ1v) is 4.88. The summed E-state index contributed by atoms with van der Waals surface area (Å²) in [7, 11) is 0. The summed E-state index contributed by atoms with van der Waals surface area (Å²) >= 11 is 0. The lowest BCUT2D eigenvalue weighted by Gasteiger charge is -2.04. The number of anilines is 2. The molecule has 0 aliphatic carbocycles. The molecule has 0 fully saturated rings. The SMILES string of the molecule is Nc1cc(NC(=O)c2ccccc2)c(=O)[nH]n1. The Morgan fingerprint density at radius 2 is 2.00 bits per heavy atom. The fourth-order valence-electron chi connectivity index (χ4n) is 1.30. The van der Waals surface area contributed by atoms with Gasteiger partial charge in [-0.2, -0.15) is 5.10 Å². The Kier molecular flexibility index (Phi) is 2.87. The van der Waals surface area contributed by atoms with Gasteiger partial charge in [-0.25, -0.2) is 5.10 Å².